The predicted molar refractivity (Wildman–Crippen MR) is 87.6 cm³/mol. The minimum Gasteiger partial charge on any atom is -0.347 e. The summed E-state index contributed by atoms with van der Waals surface area (Å²) in [4.78, 5) is 30.6. The zero-order valence-electron chi connectivity index (χ0n) is 13.3. The summed E-state index contributed by atoms with van der Waals surface area (Å²) >= 11 is 0. The van der Waals surface area contributed by atoms with Crippen molar-refractivity contribution in [3.63, 3.8) is 0 Å². The van der Waals surface area contributed by atoms with Crippen LogP contribution in [0, 0.1) is 5.92 Å². The Kier molecular flexibility index (Phi) is 4.74. The lowest BCUT2D eigenvalue weighted by Gasteiger charge is -2.33. The van der Waals surface area contributed by atoms with E-state index < -0.39 is 0 Å². The van der Waals surface area contributed by atoms with Gasteiger partial charge >= 0.3 is 0 Å². The average molecular weight is 313 g/mol. The second kappa shape index (κ2) is 6.94. The fraction of sp³-hybridized carbons (Fsp3) is 0.500. The maximum absolute atomic E-state index is 12.6. The first kappa shape index (κ1) is 15.7. The number of rotatable bonds is 3. The van der Waals surface area contributed by atoms with Crippen LogP contribution >= 0.6 is 0 Å². The summed E-state index contributed by atoms with van der Waals surface area (Å²) in [6.45, 7) is 4.72. The molecule has 0 saturated carbocycles. The number of amides is 2. The fourth-order valence-electron chi connectivity index (χ4n) is 3.56. The number of nitrogens with one attached hydrogen (secondary N) is 1. The quantitative estimate of drug-likeness (QED) is 0.868. The molecule has 0 radical (unpaired) electrons. The maximum atomic E-state index is 12.6. The molecule has 23 heavy (non-hydrogen) atoms. The molecule has 1 aliphatic heterocycles. The number of carbonyl (C=O) groups is 2. The zero-order valence-corrected chi connectivity index (χ0v) is 13.3. The van der Waals surface area contributed by atoms with Gasteiger partial charge in [-0.25, -0.2) is 0 Å². The highest BCUT2D eigenvalue weighted by atomic mass is 16.2. The molecule has 0 aromatic carbocycles. The first-order valence-corrected chi connectivity index (χ1v) is 8.34. The second-order valence-electron chi connectivity index (χ2n) is 6.33. The van der Waals surface area contributed by atoms with Crippen molar-refractivity contribution in [1.82, 2.24) is 15.2 Å². The molecular formula is C18H23N3O2. The van der Waals surface area contributed by atoms with Gasteiger partial charge in [0.05, 0.1) is 17.7 Å². The molecule has 1 fully saturated rings. The Morgan fingerprint density at radius 3 is 3.04 bits per heavy atom. The molecule has 2 aliphatic rings. The van der Waals surface area contributed by atoms with E-state index in [2.05, 4.69) is 22.9 Å². The first-order chi connectivity index (χ1) is 11.2. The van der Waals surface area contributed by atoms with Crippen molar-refractivity contribution in [2.24, 2.45) is 5.92 Å². The largest absolute Gasteiger partial charge is 0.347 e. The third kappa shape index (κ3) is 3.44. The summed E-state index contributed by atoms with van der Waals surface area (Å²) in [5, 5.41) is 3.16. The van der Waals surface area contributed by atoms with Gasteiger partial charge in [0.2, 0.25) is 11.8 Å². The summed E-state index contributed by atoms with van der Waals surface area (Å²) < 4.78 is 0. The van der Waals surface area contributed by atoms with Crippen LogP contribution in [0.15, 0.2) is 31.0 Å². The van der Waals surface area contributed by atoms with Crippen LogP contribution in [-0.4, -0.2) is 34.8 Å². The lowest BCUT2D eigenvalue weighted by molar-refractivity contribution is -0.132. The highest BCUT2D eigenvalue weighted by Gasteiger charge is 2.30. The van der Waals surface area contributed by atoms with Gasteiger partial charge in [-0.15, -0.1) is 0 Å². The normalized spacial score (nSPS) is 23.7. The number of pyridine rings is 1. The first-order valence-electron chi connectivity index (χ1n) is 8.34. The van der Waals surface area contributed by atoms with Crippen molar-refractivity contribution < 1.29 is 9.59 Å². The minimum atomic E-state index is -0.137. The monoisotopic (exact) mass is 313 g/mol. The Balaban J connectivity index is 1.66. The van der Waals surface area contributed by atoms with Gasteiger partial charge in [0, 0.05) is 19.3 Å². The van der Waals surface area contributed by atoms with Crippen molar-refractivity contribution in [3.05, 3.63) is 42.2 Å². The van der Waals surface area contributed by atoms with Crippen molar-refractivity contribution in [2.45, 2.75) is 38.1 Å². The van der Waals surface area contributed by atoms with E-state index in [-0.39, 0.29) is 23.8 Å². The van der Waals surface area contributed by atoms with Gasteiger partial charge < -0.3 is 10.2 Å². The average Bonchev–Trinajstić information content (AvgIpc) is 2.61. The number of carbonyl (C=O) groups excluding carboxylic acids is 2. The third-order valence-electron chi connectivity index (χ3n) is 4.79. The SMILES string of the molecule is C=CC(=O)N1CCCC(C(=O)N[C@@H]2CCCc3cccnc32)C1. The smallest absolute Gasteiger partial charge is 0.245 e. The van der Waals surface area contributed by atoms with Gasteiger partial charge in [-0.3, -0.25) is 14.6 Å². The number of likely N-dealkylation sites (tertiary alicyclic amines) is 1. The Morgan fingerprint density at radius 1 is 1.35 bits per heavy atom. The van der Waals surface area contributed by atoms with Crippen LogP contribution < -0.4 is 5.32 Å². The van der Waals surface area contributed by atoms with Gasteiger partial charge in [0.1, 0.15) is 0 Å². The Bertz CT molecular complexity index is 614. The van der Waals surface area contributed by atoms with Crippen molar-refractivity contribution in [2.75, 3.05) is 13.1 Å². The maximum Gasteiger partial charge on any atom is 0.245 e. The van der Waals surface area contributed by atoms with E-state index in [0.717, 1.165) is 37.8 Å². The molecule has 1 N–H and O–H groups in total. The number of nitrogens with zero attached hydrogens (tertiary/aromatic N) is 2. The molecule has 2 amide bonds. The van der Waals surface area contributed by atoms with Gasteiger partial charge in [-0.2, -0.15) is 0 Å². The van der Waals surface area contributed by atoms with Crippen LogP contribution in [0.1, 0.15) is 43.0 Å². The Labute approximate surface area is 136 Å². The molecule has 0 spiro atoms. The number of piperidine rings is 1. The lowest BCUT2D eigenvalue weighted by Crippen LogP contribution is -2.46. The van der Waals surface area contributed by atoms with E-state index in [1.165, 1.54) is 11.6 Å². The van der Waals surface area contributed by atoms with Crippen LogP contribution in [0.2, 0.25) is 0 Å². The van der Waals surface area contributed by atoms with Crippen LogP contribution in [0.3, 0.4) is 0 Å². The summed E-state index contributed by atoms with van der Waals surface area (Å²) in [7, 11) is 0. The number of aromatic nitrogens is 1. The highest BCUT2D eigenvalue weighted by molar-refractivity contribution is 5.88. The van der Waals surface area contributed by atoms with Gasteiger partial charge in [-0.05, 0) is 49.8 Å². The molecule has 5 heteroatoms. The lowest BCUT2D eigenvalue weighted by atomic mass is 9.90. The van der Waals surface area contributed by atoms with Crippen molar-refractivity contribution >= 4 is 11.8 Å². The topological polar surface area (TPSA) is 62.3 Å². The Morgan fingerprint density at radius 2 is 2.22 bits per heavy atom. The second-order valence-corrected chi connectivity index (χ2v) is 6.33. The van der Waals surface area contributed by atoms with E-state index >= 15 is 0 Å². The highest BCUT2D eigenvalue weighted by Crippen LogP contribution is 2.28. The van der Waals surface area contributed by atoms with Gasteiger partial charge in [-0.1, -0.05) is 12.6 Å². The van der Waals surface area contributed by atoms with Crippen molar-refractivity contribution in [3.8, 4) is 0 Å². The summed E-state index contributed by atoms with van der Waals surface area (Å²) in [5.41, 5.74) is 2.23. The molecule has 1 saturated heterocycles. The zero-order chi connectivity index (χ0) is 16.2. The molecule has 2 atom stereocenters. The molecule has 0 bridgehead atoms. The third-order valence-corrected chi connectivity index (χ3v) is 4.79. The van der Waals surface area contributed by atoms with Crippen LogP contribution in [0.4, 0.5) is 0 Å². The molecule has 2 heterocycles. The van der Waals surface area contributed by atoms with Crippen LogP contribution in [0.25, 0.3) is 0 Å². The molecule has 5 nitrogen and oxygen atoms in total. The molecular weight excluding hydrogens is 290 g/mol. The fourth-order valence-corrected chi connectivity index (χ4v) is 3.56. The van der Waals surface area contributed by atoms with Gasteiger partial charge in [0.15, 0.2) is 0 Å². The molecule has 1 unspecified atom stereocenters. The molecule has 1 aliphatic carbocycles. The number of aryl methyl sites for hydroxylation is 1. The number of fused-ring (bicyclic) bond motifs is 1. The number of hydrogen-bond donors (Lipinski definition) is 1. The molecule has 1 aromatic heterocycles. The van der Waals surface area contributed by atoms with E-state index in [9.17, 15) is 9.59 Å². The van der Waals surface area contributed by atoms with Crippen molar-refractivity contribution in [1.29, 1.82) is 0 Å². The Hall–Kier alpha value is -2.17. The summed E-state index contributed by atoms with van der Waals surface area (Å²) in [6.07, 6.45) is 7.81. The minimum absolute atomic E-state index is 0.00191. The molecule has 1 aromatic rings. The standard InChI is InChI=1S/C18H23N3O2/c1-2-16(22)21-11-5-8-14(12-21)18(23)20-15-9-3-6-13-7-4-10-19-17(13)15/h2,4,7,10,14-15H,1,3,5-6,8-9,11-12H2,(H,20,23)/t14?,15-/m1/s1. The van der Waals surface area contributed by atoms with E-state index in [4.69, 9.17) is 0 Å². The predicted octanol–water partition coefficient (Wildman–Crippen LogP) is 2.00. The van der Waals surface area contributed by atoms with E-state index in [0.29, 0.717) is 13.1 Å². The number of hydrogen-bond acceptors (Lipinski definition) is 3. The summed E-state index contributed by atoms with van der Waals surface area (Å²) in [5.74, 6) is -0.191. The van der Waals surface area contributed by atoms with Crippen LogP contribution in [0.5, 0.6) is 0 Å². The molecule has 3 rings (SSSR count). The van der Waals surface area contributed by atoms with Gasteiger partial charge in [0.25, 0.3) is 0 Å². The van der Waals surface area contributed by atoms with E-state index in [1.807, 2.05) is 6.07 Å². The molecule has 122 valence electrons. The summed E-state index contributed by atoms with van der Waals surface area (Å²) in [6, 6.07) is 4.03. The van der Waals surface area contributed by atoms with Crippen LogP contribution in [-0.2, 0) is 16.0 Å². The van der Waals surface area contributed by atoms with E-state index in [1.54, 1.807) is 11.1 Å².